The molecule has 0 aromatic rings. The lowest BCUT2D eigenvalue weighted by molar-refractivity contribution is -0.207. The third-order valence-electron chi connectivity index (χ3n) is 3.91. The monoisotopic (exact) mass is 308 g/mol. The van der Waals surface area contributed by atoms with Gasteiger partial charge < -0.3 is 10.2 Å². The maximum atomic E-state index is 11.7. The van der Waals surface area contributed by atoms with Crippen LogP contribution < -0.4 is 0 Å². The first-order valence-corrected chi connectivity index (χ1v) is 6.43. The average molecular weight is 308 g/mol. The van der Waals surface area contributed by atoms with Crippen LogP contribution in [0.1, 0.15) is 25.7 Å². The van der Waals surface area contributed by atoms with Crippen molar-refractivity contribution in [2.45, 2.75) is 38.0 Å². The fourth-order valence-corrected chi connectivity index (χ4v) is 2.30. The van der Waals surface area contributed by atoms with Gasteiger partial charge in [-0.05, 0) is 37.5 Å². The fraction of sp³-hybridized carbons (Fsp3) is 1.00. The van der Waals surface area contributed by atoms with E-state index >= 15 is 0 Å². The number of halogens is 6. The van der Waals surface area contributed by atoms with Crippen molar-refractivity contribution in [1.29, 1.82) is 0 Å². The molecule has 0 atom stereocenters. The van der Waals surface area contributed by atoms with Crippen molar-refractivity contribution in [1.82, 2.24) is 0 Å². The Morgan fingerprint density at radius 1 is 0.650 bits per heavy atom. The molecule has 0 heterocycles. The zero-order chi connectivity index (χ0) is 15.6. The summed E-state index contributed by atoms with van der Waals surface area (Å²) in [6.07, 6.45) is -7.63. The van der Waals surface area contributed by atoms with Crippen LogP contribution >= 0.6 is 0 Å². The van der Waals surface area contributed by atoms with E-state index in [1.807, 2.05) is 0 Å². The van der Waals surface area contributed by atoms with E-state index in [1.165, 1.54) is 0 Å². The SMILES string of the molecule is OCC1CC(C(F)(F)F)C1.OCC1CC(C(F)(F)F)C1. The Morgan fingerprint density at radius 2 is 0.900 bits per heavy atom. The van der Waals surface area contributed by atoms with Crippen molar-refractivity contribution in [2.24, 2.45) is 23.7 Å². The first-order chi connectivity index (χ1) is 9.07. The quantitative estimate of drug-likeness (QED) is 0.770. The predicted octanol–water partition coefficient (Wildman–Crippen LogP) is 3.13. The van der Waals surface area contributed by atoms with Crippen molar-refractivity contribution in [3.8, 4) is 0 Å². The van der Waals surface area contributed by atoms with Crippen molar-refractivity contribution in [3.63, 3.8) is 0 Å². The molecular weight excluding hydrogens is 290 g/mol. The van der Waals surface area contributed by atoms with Gasteiger partial charge in [0.2, 0.25) is 0 Å². The Labute approximate surface area is 112 Å². The smallest absolute Gasteiger partial charge is 0.391 e. The minimum absolute atomic E-state index is 0.105. The highest BCUT2D eigenvalue weighted by atomic mass is 19.4. The van der Waals surface area contributed by atoms with Gasteiger partial charge in [0.1, 0.15) is 0 Å². The van der Waals surface area contributed by atoms with Gasteiger partial charge in [0.05, 0.1) is 11.8 Å². The summed E-state index contributed by atoms with van der Waals surface area (Å²) in [4.78, 5) is 0. The van der Waals surface area contributed by atoms with E-state index in [9.17, 15) is 26.3 Å². The van der Waals surface area contributed by atoms with E-state index in [-0.39, 0.29) is 50.7 Å². The summed E-state index contributed by atoms with van der Waals surface area (Å²) in [5.41, 5.74) is 0. The molecule has 0 aliphatic heterocycles. The summed E-state index contributed by atoms with van der Waals surface area (Å²) in [5, 5.41) is 16.8. The lowest BCUT2D eigenvalue weighted by atomic mass is 9.75. The van der Waals surface area contributed by atoms with Gasteiger partial charge in [-0.2, -0.15) is 26.3 Å². The Bertz CT molecular complexity index is 259. The molecule has 2 aliphatic rings. The van der Waals surface area contributed by atoms with E-state index in [0.717, 1.165) is 0 Å². The van der Waals surface area contributed by atoms with Crippen LogP contribution in [0.15, 0.2) is 0 Å². The van der Waals surface area contributed by atoms with Crippen LogP contribution in [0.2, 0.25) is 0 Å². The summed E-state index contributed by atoms with van der Waals surface area (Å²) in [7, 11) is 0. The molecule has 2 aliphatic carbocycles. The summed E-state index contributed by atoms with van der Waals surface area (Å²) in [6, 6.07) is 0. The Kier molecular flexibility index (Phi) is 5.71. The highest BCUT2D eigenvalue weighted by molar-refractivity contribution is 4.84. The molecule has 0 unspecified atom stereocenters. The number of aliphatic hydroxyl groups excluding tert-OH is 2. The third-order valence-corrected chi connectivity index (χ3v) is 3.91. The van der Waals surface area contributed by atoms with E-state index in [4.69, 9.17) is 10.2 Å². The Balaban J connectivity index is 0.000000200. The molecule has 20 heavy (non-hydrogen) atoms. The molecule has 0 aromatic heterocycles. The van der Waals surface area contributed by atoms with Crippen molar-refractivity contribution in [3.05, 3.63) is 0 Å². The molecule has 8 heteroatoms. The Morgan fingerprint density at radius 3 is 1.05 bits per heavy atom. The summed E-state index contributed by atoms with van der Waals surface area (Å²) in [5.74, 6) is -2.51. The molecule has 0 saturated heterocycles. The number of hydrogen-bond donors (Lipinski definition) is 2. The molecule has 2 fully saturated rings. The van der Waals surface area contributed by atoms with Gasteiger partial charge in [0, 0.05) is 13.2 Å². The van der Waals surface area contributed by atoms with E-state index in [2.05, 4.69) is 0 Å². The zero-order valence-corrected chi connectivity index (χ0v) is 10.7. The van der Waals surface area contributed by atoms with Crippen LogP contribution in [-0.2, 0) is 0 Å². The molecule has 2 rings (SSSR count). The lowest BCUT2D eigenvalue weighted by Crippen LogP contribution is -2.37. The van der Waals surface area contributed by atoms with E-state index < -0.39 is 24.2 Å². The molecule has 0 spiro atoms. The second-order valence-corrected chi connectivity index (χ2v) is 5.52. The number of rotatable bonds is 2. The van der Waals surface area contributed by atoms with Crippen LogP contribution in [0, 0.1) is 23.7 Å². The molecule has 2 nitrogen and oxygen atoms in total. The molecule has 0 aromatic carbocycles. The van der Waals surface area contributed by atoms with Crippen molar-refractivity contribution < 1.29 is 36.6 Å². The average Bonchev–Trinajstić information content (AvgIpc) is 2.10. The van der Waals surface area contributed by atoms with Gasteiger partial charge in [-0.25, -0.2) is 0 Å². The molecule has 120 valence electrons. The highest BCUT2D eigenvalue weighted by Gasteiger charge is 2.48. The lowest BCUT2D eigenvalue weighted by Gasteiger charge is -2.35. The number of hydrogen-bond acceptors (Lipinski definition) is 2. The maximum Gasteiger partial charge on any atom is 0.391 e. The molecule has 0 radical (unpaired) electrons. The summed E-state index contributed by atoms with van der Waals surface area (Å²) in [6.45, 7) is -0.209. The van der Waals surface area contributed by atoms with Gasteiger partial charge in [-0.3, -0.25) is 0 Å². The predicted molar refractivity (Wildman–Crippen MR) is 58.7 cm³/mol. The number of alkyl halides is 6. The van der Waals surface area contributed by atoms with Crippen LogP contribution in [0.5, 0.6) is 0 Å². The summed E-state index contributed by atoms with van der Waals surface area (Å²) < 4.78 is 70.4. The minimum atomic E-state index is -4.04. The van der Waals surface area contributed by atoms with Gasteiger partial charge in [-0.1, -0.05) is 0 Å². The molecule has 0 amide bonds. The van der Waals surface area contributed by atoms with Crippen molar-refractivity contribution in [2.75, 3.05) is 13.2 Å². The van der Waals surface area contributed by atoms with Gasteiger partial charge >= 0.3 is 12.4 Å². The summed E-state index contributed by atoms with van der Waals surface area (Å²) >= 11 is 0. The molecule has 2 N–H and O–H groups in total. The molecule has 0 bridgehead atoms. The van der Waals surface area contributed by atoms with Crippen LogP contribution in [-0.4, -0.2) is 35.8 Å². The molecular formula is C12H18F6O2. The fourth-order valence-electron chi connectivity index (χ4n) is 2.30. The van der Waals surface area contributed by atoms with Gasteiger partial charge in [0.15, 0.2) is 0 Å². The van der Waals surface area contributed by atoms with Crippen molar-refractivity contribution >= 4 is 0 Å². The number of aliphatic hydroxyl groups is 2. The normalized spacial score (nSPS) is 33.6. The van der Waals surface area contributed by atoms with Crippen LogP contribution in [0.4, 0.5) is 26.3 Å². The van der Waals surface area contributed by atoms with Crippen LogP contribution in [0.25, 0.3) is 0 Å². The largest absolute Gasteiger partial charge is 0.396 e. The third kappa shape index (κ3) is 4.80. The van der Waals surface area contributed by atoms with Gasteiger partial charge in [-0.15, -0.1) is 0 Å². The minimum Gasteiger partial charge on any atom is -0.396 e. The highest BCUT2D eigenvalue weighted by Crippen LogP contribution is 2.45. The topological polar surface area (TPSA) is 40.5 Å². The second kappa shape index (κ2) is 6.51. The Hall–Kier alpha value is -0.500. The second-order valence-electron chi connectivity index (χ2n) is 5.52. The van der Waals surface area contributed by atoms with E-state index in [1.54, 1.807) is 0 Å². The first kappa shape index (κ1) is 17.6. The van der Waals surface area contributed by atoms with E-state index in [0.29, 0.717) is 0 Å². The molecule has 2 saturated carbocycles. The standard InChI is InChI=1S/2C6H9F3O/c2*7-6(8,9)5-1-4(2-5)3-10/h2*4-5,10H,1-3H2. The van der Waals surface area contributed by atoms with Crippen LogP contribution in [0.3, 0.4) is 0 Å². The zero-order valence-electron chi connectivity index (χ0n) is 10.7. The first-order valence-electron chi connectivity index (χ1n) is 6.43. The maximum absolute atomic E-state index is 11.7. The van der Waals surface area contributed by atoms with Gasteiger partial charge in [0.25, 0.3) is 0 Å².